The van der Waals surface area contributed by atoms with Crippen LogP contribution in [0.1, 0.15) is 13.3 Å². The van der Waals surface area contributed by atoms with Gasteiger partial charge in [0.2, 0.25) is 5.91 Å². The SMILES string of the molecule is CC(=O)Nc1ccc(NC(=O)C(=O)NC2CCS(=O)(=O)C2)cc1. The van der Waals surface area contributed by atoms with Gasteiger partial charge in [-0.15, -0.1) is 0 Å². The Morgan fingerprint density at radius 3 is 2.04 bits per heavy atom. The number of nitrogens with one attached hydrogen (secondary N) is 3. The molecule has 1 fully saturated rings. The number of anilines is 2. The molecular weight excluding hydrogens is 322 g/mol. The van der Waals surface area contributed by atoms with E-state index in [2.05, 4.69) is 16.0 Å². The normalized spacial score (nSPS) is 18.9. The van der Waals surface area contributed by atoms with Crippen molar-refractivity contribution in [3.63, 3.8) is 0 Å². The van der Waals surface area contributed by atoms with E-state index in [0.717, 1.165) is 0 Å². The minimum absolute atomic E-state index is 0.0180. The van der Waals surface area contributed by atoms with Crippen LogP contribution in [0.4, 0.5) is 11.4 Å². The highest BCUT2D eigenvalue weighted by molar-refractivity contribution is 7.91. The minimum Gasteiger partial charge on any atom is -0.344 e. The van der Waals surface area contributed by atoms with Gasteiger partial charge in [-0.05, 0) is 30.7 Å². The summed E-state index contributed by atoms with van der Waals surface area (Å²) in [4.78, 5) is 34.4. The molecule has 3 amide bonds. The zero-order valence-corrected chi connectivity index (χ0v) is 13.3. The van der Waals surface area contributed by atoms with Gasteiger partial charge >= 0.3 is 11.8 Å². The van der Waals surface area contributed by atoms with Crippen molar-refractivity contribution in [2.45, 2.75) is 19.4 Å². The maximum Gasteiger partial charge on any atom is 0.313 e. The predicted molar refractivity (Wildman–Crippen MR) is 84.6 cm³/mol. The van der Waals surface area contributed by atoms with Crippen LogP contribution in [0.15, 0.2) is 24.3 Å². The molecule has 9 heteroatoms. The van der Waals surface area contributed by atoms with Crippen molar-refractivity contribution in [3.05, 3.63) is 24.3 Å². The third kappa shape index (κ3) is 5.06. The molecule has 0 bridgehead atoms. The molecular formula is C14H17N3O5S. The van der Waals surface area contributed by atoms with E-state index in [1.807, 2.05) is 0 Å². The van der Waals surface area contributed by atoms with Crippen molar-refractivity contribution < 1.29 is 22.8 Å². The maximum absolute atomic E-state index is 11.8. The van der Waals surface area contributed by atoms with Gasteiger partial charge in [-0.3, -0.25) is 14.4 Å². The monoisotopic (exact) mass is 339 g/mol. The van der Waals surface area contributed by atoms with Crippen molar-refractivity contribution in [3.8, 4) is 0 Å². The fourth-order valence-corrected chi connectivity index (χ4v) is 3.86. The van der Waals surface area contributed by atoms with Crippen molar-refractivity contribution >= 4 is 38.9 Å². The maximum atomic E-state index is 11.8. The van der Waals surface area contributed by atoms with Gasteiger partial charge in [-0.1, -0.05) is 0 Å². The summed E-state index contributed by atoms with van der Waals surface area (Å²) in [5.41, 5.74) is 0.953. The molecule has 0 spiro atoms. The van der Waals surface area contributed by atoms with Crippen LogP contribution in [0.5, 0.6) is 0 Å². The highest BCUT2D eigenvalue weighted by Crippen LogP contribution is 2.14. The average Bonchev–Trinajstić information content (AvgIpc) is 2.79. The Bertz CT molecular complexity index is 727. The van der Waals surface area contributed by atoms with Gasteiger partial charge in [-0.2, -0.15) is 0 Å². The van der Waals surface area contributed by atoms with E-state index in [0.29, 0.717) is 17.8 Å². The molecule has 3 N–H and O–H groups in total. The van der Waals surface area contributed by atoms with Crippen LogP contribution in [0, 0.1) is 0 Å². The van der Waals surface area contributed by atoms with Gasteiger partial charge in [0.15, 0.2) is 9.84 Å². The van der Waals surface area contributed by atoms with Gasteiger partial charge in [0.05, 0.1) is 11.5 Å². The van der Waals surface area contributed by atoms with Gasteiger partial charge in [0.25, 0.3) is 0 Å². The van der Waals surface area contributed by atoms with Crippen LogP contribution >= 0.6 is 0 Å². The Kier molecular flexibility index (Phi) is 4.99. The Hall–Kier alpha value is -2.42. The van der Waals surface area contributed by atoms with E-state index in [-0.39, 0.29) is 17.4 Å². The number of carbonyl (C=O) groups is 3. The first-order chi connectivity index (χ1) is 10.7. The zero-order valence-electron chi connectivity index (χ0n) is 12.5. The van der Waals surface area contributed by atoms with E-state index in [1.165, 1.54) is 19.1 Å². The Morgan fingerprint density at radius 1 is 1.00 bits per heavy atom. The summed E-state index contributed by atoms with van der Waals surface area (Å²) in [6.45, 7) is 1.38. The van der Waals surface area contributed by atoms with E-state index in [1.54, 1.807) is 12.1 Å². The summed E-state index contributed by atoms with van der Waals surface area (Å²) >= 11 is 0. The van der Waals surface area contributed by atoms with Crippen molar-refractivity contribution in [2.24, 2.45) is 0 Å². The van der Waals surface area contributed by atoms with Crippen molar-refractivity contribution in [1.29, 1.82) is 0 Å². The molecule has 1 aromatic carbocycles. The predicted octanol–water partition coefficient (Wildman–Crippen LogP) is -0.113. The number of carbonyl (C=O) groups excluding carboxylic acids is 3. The van der Waals surface area contributed by atoms with Crippen LogP contribution in [0.25, 0.3) is 0 Å². The highest BCUT2D eigenvalue weighted by Gasteiger charge is 2.30. The average molecular weight is 339 g/mol. The lowest BCUT2D eigenvalue weighted by atomic mass is 10.2. The lowest BCUT2D eigenvalue weighted by Crippen LogP contribution is -2.42. The molecule has 0 saturated carbocycles. The molecule has 1 unspecified atom stereocenters. The molecule has 1 saturated heterocycles. The number of sulfone groups is 1. The Labute approximate surface area is 133 Å². The van der Waals surface area contributed by atoms with E-state index < -0.39 is 27.7 Å². The first-order valence-corrected chi connectivity index (χ1v) is 8.77. The molecule has 1 atom stereocenters. The second-order valence-corrected chi connectivity index (χ2v) is 7.51. The highest BCUT2D eigenvalue weighted by atomic mass is 32.2. The van der Waals surface area contributed by atoms with E-state index in [4.69, 9.17) is 0 Å². The third-order valence-corrected chi connectivity index (χ3v) is 5.00. The van der Waals surface area contributed by atoms with Crippen molar-refractivity contribution in [2.75, 3.05) is 22.1 Å². The summed E-state index contributed by atoms with van der Waals surface area (Å²) in [5.74, 6) is -2.09. The summed E-state index contributed by atoms with van der Waals surface area (Å²) < 4.78 is 22.6. The van der Waals surface area contributed by atoms with Crippen LogP contribution in [-0.4, -0.2) is 43.7 Å². The quantitative estimate of drug-likeness (QED) is 0.663. The number of rotatable bonds is 3. The Morgan fingerprint density at radius 2 is 1.57 bits per heavy atom. The largest absolute Gasteiger partial charge is 0.344 e. The minimum atomic E-state index is -3.12. The lowest BCUT2D eigenvalue weighted by molar-refractivity contribution is -0.136. The molecule has 1 aromatic rings. The third-order valence-electron chi connectivity index (χ3n) is 3.24. The molecule has 2 rings (SSSR count). The second kappa shape index (κ2) is 6.78. The Balaban J connectivity index is 1.88. The molecule has 1 aliphatic rings. The topological polar surface area (TPSA) is 121 Å². The fraction of sp³-hybridized carbons (Fsp3) is 0.357. The van der Waals surface area contributed by atoms with Gasteiger partial charge in [0.1, 0.15) is 0 Å². The summed E-state index contributed by atoms with van der Waals surface area (Å²) in [6, 6.07) is 5.71. The molecule has 8 nitrogen and oxygen atoms in total. The molecule has 0 aliphatic carbocycles. The molecule has 1 heterocycles. The lowest BCUT2D eigenvalue weighted by Gasteiger charge is -2.11. The smallest absolute Gasteiger partial charge is 0.313 e. The standard InChI is InChI=1S/C14H17N3O5S/c1-9(18)15-10-2-4-11(5-3-10)16-13(19)14(20)17-12-6-7-23(21,22)8-12/h2-5,12H,6-8H2,1H3,(H,15,18)(H,16,19)(H,17,20). The molecule has 124 valence electrons. The molecule has 0 radical (unpaired) electrons. The molecule has 23 heavy (non-hydrogen) atoms. The second-order valence-electron chi connectivity index (χ2n) is 5.29. The van der Waals surface area contributed by atoms with Crippen LogP contribution in [0.3, 0.4) is 0 Å². The number of amides is 3. The first kappa shape index (κ1) is 16.9. The summed E-state index contributed by atoms with van der Waals surface area (Å²) in [5, 5.41) is 7.38. The van der Waals surface area contributed by atoms with Crippen LogP contribution in [-0.2, 0) is 24.2 Å². The molecule has 1 aliphatic heterocycles. The first-order valence-electron chi connectivity index (χ1n) is 6.95. The number of hydrogen-bond donors (Lipinski definition) is 3. The summed E-state index contributed by atoms with van der Waals surface area (Å²) in [6.07, 6.45) is 0.312. The van der Waals surface area contributed by atoms with Crippen LogP contribution in [0.2, 0.25) is 0 Å². The zero-order chi connectivity index (χ0) is 17.0. The molecule has 0 aromatic heterocycles. The van der Waals surface area contributed by atoms with Crippen molar-refractivity contribution in [1.82, 2.24) is 5.32 Å². The van der Waals surface area contributed by atoms with Gasteiger partial charge < -0.3 is 16.0 Å². The fourth-order valence-electron chi connectivity index (χ4n) is 2.19. The van der Waals surface area contributed by atoms with Gasteiger partial charge in [0, 0.05) is 24.3 Å². The van der Waals surface area contributed by atoms with E-state index >= 15 is 0 Å². The number of benzene rings is 1. The summed E-state index contributed by atoms with van der Waals surface area (Å²) in [7, 11) is -3.12. The van der Waals surface area contributed by atoms with E-state index in [9.17, 15) is 22.8 Å². The van der Waals surface area contributed by atoms with Crippen LogP contribution < -0.4 is 16.0 Å². The number of hydrogen-bond acceptors (Lipinski definition) is 5. The van der Waals surface area contributed by atoms with Gasteiger partial charge in [-0.25, -0.2) is 8.42 Å².